The molecule has 98 valence electrons. The maximum atomic E-state index is 12.1. The molecule has 0 aromatic heterocycles. The highest BCUT2D eigenvalue weighted by molar-refractivity contribution is 5.79. The minimum Gasteiger partial charge on any atom is -0.352 e. The molecule has 17 heavy (non-hydrogen) atoms. The molecule has 3 unspecified atom stereocenters. The monoisotopic (exact) mass is 239 g/mol. The van der Waals surface area contributed by atoms with Crippen LogP contribution in [0.1, 0.15) is 26.7 Å². The molecule has 4 nitrogen and oxygen atoms in total. The van der Waals surface area contributed by atoms with Crippen LogP contribution in [0.3, 0.4) is 0 Å². The van der Waals surface area contributed by atoms with Gasteiger partial charge >= 0.3 is 0 Å². The summed E-state index contributed by atoms with van der Waals surface area (Å²) in [4.78, 5) is 14.6. The van der Waals surface area contributed by atoms with Crippen LogP contribution in [0.2, 0.25) is 0 Å². The molecule has 0 spiro atoms. The summed E-state index contributed by atoms with van der Waals surface area (Å²) in [5.74, 6) is 0.901. The fraction of sp³-hybridized carbons (Fsp3) is 0.923. The molecule has 0 aromatic carbocycles. The maximum Gasteiger partial charge on any atom is 0.224 e. The molecular weight excluding hydrogens is 214 g/mol. The van der Waals surface area contributed by atoms with Gasteiger partial charge in [0.05, 0.1) is 5.92 Å². The molecule has 0 radical (unpaired) electrons. The summed E-state index contributed by atoms with van der Waals surface area (Å²) in [7, 11) is 0. The molecule has 2 heterocycles. The Morgan fingerprint density at radius 2 is 2.29 bits per heavy atom. The Morgan fingerprint density at radius 3 is 2.94 bits per heavy atom. The van der Waals surface area contributed by atoms with Gasteiger partial charge in [-0.2, -0.15) is 0 Å². The van der Waals surface area contributed by atoms with Crippen molar-refractivity contribution in [2.75, 3.05) is 32.7 Å². The van der Waals surface area contributed by atoms with Gasteiger partial charge < -0.3 is 15.5 Å². The smallest absolute Gasteiger partial charge is 0.224 e. The number of amides is 1. The highest BCUT2D eigenvalue weighted by Gasteiger charge is 2.31. The van der Waals surface area contributed by atoms with E-state index in [1.807, 2.05) is 0 Å². The molecule has 2 fully saturated rings. The molecule has 4 heteroatoms. The molecular formula is C13H25N3O. The molecule has 1 amide bonds. The SMILES string of the molecule is CCN1CCCC(NC(=O)C2CNCC2C)C1. The van der Waals surface area contributed by atoms with Crippen molar-refractivity contribution in [3.63, 3.8) is 0 Å². The summed E-state index contributed by atoms with van der Waals surface area (Å²) in [5.41, 5.74) is 0. The van der Waals surface area contributed by atoms with Gasteiger partial charge in [0.1, 0.15) is 0 Å². The van der Waals surface area contributed by atoms with E-state index in [1.165, 1.54) is 13.0 Å². The third-order valence-electron chi connectivity index (χ3n) is 4.15. The van der Waals surface area contributed by atoms with Crippen LogP contribution in [-0.2, 0) is 4.79 Å². The van der Waals surface area contributed by atoms with Crippen molar-refractivity contribution in [2.24, 2.45) is 11.8 Å². The van der Waals surface area contributed by atoms with Gasteiger partial charge in [0.25, 0.3) is 0 Å². The zero-order chi connectivity index (χ0) is 12.3. The zero-order valence-electron chi connectivity index (χ0n) is 11.0. The largest absolute Gasteiger partial charge is 0.352 e. The van der Waals surface area contributed by atoms with Gasteiger partial charge in [-0.25, -0.2) is 0 Å². The standard InChI is InChI=1S/C13H25N3O/c1-3-16-6-4-5-11(9-16)15-13(17)12-8-14-7-10(12)2/h10-12,14H,3-9H2,1-2H3,(H,15,17). The number of carbonyl (C=O) groups excluding carboxylic acids is 1. The summed E-state index contributed by atoms with van der Waals surface area (Å²) in [5, 5.41) is 6.52. The number of carbonyl (C=O) groups is 1. The number of piperidine rings is 1. The highest BCUT2D eigenvalue weighted by atomic mass is 16.2. The molecule has 2 N–H and O–H groups in total. The Kier molecular flexibility index (Phi) is 4.40. The summed E-state index contributed by atoms with van der Waals surface area (Å²) >= 11 is 0. The van der Waals surface area contributed by atoms with Crippen molar-refractivity contribution in [1.82, 2.24) is 15.5 Å². The minimum atomic E-state index is 0.173. The Balaban J connectivity index is 1.81. The molecule has 2 aliphatic rings. The van der Waals surface area contributed by atoms with E-state index in [1.54, 1.807) is 0 Å². The van der Waals surface area contributed by atoms with Crippen LogP contribution in [0.4, 0.5) is 0 Å². The lowest BCUT2D eigenvalue weighted by atomic mass is 9.96. The van der Waals surface area contributed by atoms with Crippen molar-refractivity contribution >= 4 is 5.91 Å². The van der Waals surface area contributed by atoms with Crippen LogP contribution in [0, 0.1) is 11.8 Å². The van der Waals surface area contributed by atoms with Crippen LogP contribution in [0.15, 0.2) is 0 Å². The number of likely N-dealkylation sites (N-methyl/N-ethyl adjacent to an activating group) is 1. The van der Waals surface area contributed by atoms with Gasteiger partial charge in [-0.05, 0) is 38.4 Å². The molecule has 3 atom stereocenters. The predicted octanol–water partition coefficient (Wildman–Crippen LogP) is 0.442. The lowest BCUT2D eigenvalue weighted by Crippen LogP contribution is -2.49. The second-order valence-electron chi connectivity index (χ2n) is 5.48. The first-order valence-electron chi connectivity index (χ1n) is 6.94. The van der Waals surface area contributed by atoms with Crippen LogP contribution in [0.25, 0.3) is 0 Å². The first-order valence-corrected chi connectivity index (χ1v) is 6.94. The Labute approximate surface area is 104 Å². The van der Waals surface area contributed by atoms with Gasteiger partial charge in [-0.3, -0.25) is 4.79 Å². The number of likely N-dealkylation sites (tertiary alicyclic amines) is 1. The summed E-state index contributed by atoms with van der Waals surface area (Å²) in [6, 6.07) is 0.365. The third kappa shape index (κ3) is 3.19. The number of rotatable bonds is 3. The molecule has 2 rings (SSSR count). The van der Waals surface area contributed by atoms with E-state index in [2.05, 4.69) is 29.4 Å². The second kappa shape index (κ2) is 5.83. The molecule has 0 saturated carbocycles. The van der Waals surface area contributed by atoms with E-state index in [9.17, 15) is 4.79 Å². The van der Waals surface area contributed by atoms with E-state index in [0.717, 1.165) is 32.6 Å². The second-order valence-corrected chi connectivity index (χ2v) is 5.48. The van der Waals surface area contributed by atoms with Crippen molar-refractivity contribution in [2.45, 2.75) is 32.7 Å². The number of nitrogens with zero attached hydrogens (tertiary/aromatic N) is 1. The number of hydrogen-bond donors (Lipinski definition) is 2. The van der Waals surface area contributed by atoms with Gasteiger partial charge in [0.15, 0.2) is 0 Å². The predicted molar refractivity (Wildman–Crippen MR) is 68.8 cm³/mol. The quantitative estimate of drug-likeness (QED) is 0.751. The van der Waals surface area contributed by atoms with Gasteiger partial charge in [0, 0.05) is 19.1 Å². The van der Waals surface area contributed by atoms with Crippen molar-refractivity contribution in [3.05, 3.63) is 0 Å². The van der Waals surface area contributed by atoms with E-state index >= 15 is 0 Å². The van der Waals surface area contributed by atoms with E-state index < -0.39 is 0 Å². The van der Waals surface area contributed by atoms with Gasteiger partial charge in [0.2, 0.25) is 5.91 Å². The normalized spacial score (nSPS) is 34.8. The zero-order valence-corrected chi connectivity index (χ0v) is 11.0. The molecule has 0 aromatic rings. The number of nitrogens with one attached hydrogen (secondary N) is 2. The first-order chi connectivity index (χ1) is 8.20. The van der Waals surface area contributed by atoms with Crippen LogP contribution < -0.4 is 10.6 Å². The minimum absolute atomic E-state index is 0.173. The van der Waals surface area contributed by atoms with Crippen LogP contribution in [-0.4, -0.2) is 49.6 Å². The fourth-order valence-electron chi connectivity index (χ4n) is 2.93. The number of hydrogen-bond acceptors (Lipinski definition) is 3. The van der Waals surface area contributed by atoms with Crippen LogP contribution >= 0.6 is 0 Å². The summed E-state index contributed by atoms with van der Waals surface area (Å²) in [6.07, 6.45) is 2.34. The molecule has 0 bridgehead atoms. The van der Waals surface area contributed by atoms with Crippen molar-refractivity contribution in [1.29, 1.82) is 0 Å². The summed E-state index contributed by atoms with van der Waals surface area (Å²) < 4.78 is 0. The molecule has 2 aliphatic heterocycles. The fourth-order valence-corrected chi connectivity index (χ4v) is 2.93. The average molecular weight is 239 g/mol. The Bertz CT molecular complexity index is 269. The maximum absolute atomic E-state index is 12.1. The van der Waals surface area contributed by atoms with Gasteiger partial charge in [-0.15, -0.1) is 0 Å². The Hall–Kier alpha value is -0.610. The van der Waals surface area contributed by atoms with E-state index in [0.29, 0.717) is 12.0 Å². The van der Waals surface area contributed by atoms with E-state index in [-0.39, 0.29) is 11.8 Å². The third-order valence-corrected chi connectivity index (χ3v) is 4.15. The lowest BCUT2D eigenvalue weighted by molar-refractivity contribution is -0.126. The molecule has 0 aliphatic carbocycles. The Morgan fingerprint density at radius 1 is 1.47 bits per heavy atom. The van der Waals surface area contributed by atoms with Crippen LogP contribution in [0.5, 0.6) is 0 Å². The first kappa shape index (κ1) is 12.8. The molecule has 2 saturated heterocycles. The summed E-state index contributed by atoms with van der Waals surface area (Å²) in [6.45, 7) is 9.46. The van der Waals surface area contributed by atoms with Crippen molar-refractivity contribution < 1.29 is 4.79 Å². The lowest BCUT2D eigenvalue weighted by Gasteiger charge is -2.33. The average Bonchev–Trinajstić information content (AvgIpc) is 2.76. The van der Waals surface area contributed by atoms with E-state index in [4.69, 9.17) is 0 Å². The van der Waals surface area contributed by atoms with Crippen molar-refractivity contribution in [3.8, 4) is 0 Å². The topological polar surface area (TPSA) is 44.4 Å². The highest BCUT2D eigenvalue weighted by Crippen LogP contribution is 2.17. The van der Waals surface area contributed by atoms with Gasteiger partial charge in [-0.1, -0.05) is 13.8 Å².